The smallest absolute Gasteiger partial charge is 0.341 e. The van der Waals surface area contributed by atoms with Crippen LogP contribution in [0.4, 0.5) is 16.2 Å². The SMILES string of the molecule is CCOC(=O)c1cc(Cl)c(NC(=O)Nc2ccc(Cl)cc2)cc1OC. The molecule has 0 spiro atoms. The summed E-state index contributed by atoms with van der Waals surface area (Å²) in [5.74, 6) is -0.317. The molecule has 2 N–H and O–H groups in total. The lowest BCUT2D eigenvalue weighted by molar-refractivity contribution is 0.0522. The van der Waals surface area contributed by atoms with Crippen molar-refractivity contribution in [3.8, 4) is 5.75 Å². The van der Waals surface area contributed by atoms with E-state index < -0.39 is 12.0 Å². The number of anilines is 2. The maximum Gasteiger partial charge on any atom is 0.341 e. The number of hydrogen-bond donors (Lipinski definition) is 2. The maximum absolute atomic E-state index is 12.1. The molecule has 2 aromatic carbocycles. The molecule has 25 heavy (non-hydrogen) atoms. The number of amides is 2. The topological polar surface area (TPSA) is 76.7 Å². The lowest BCUT2D eigenvalue weighted by Crippen LogP contribution is -2.20. The molecule has 2 aromatic rings. The Balaban J connectivity index is 2.17. The molecule has 0 aromatic heterocycles. The summed E-state index contributed by atoms with van der Waals surface area (Å²) in [7, 11) is 1.41. The Morgan fingerprint density at radius 2 is 1.76 bits per heavy atom. The van der Waals surface area contributed by atoms with Gasteiger partial charge in [0.05, 0.1) is 24.4 Å². The number of urea groups is 1. The van der Waals surface area contributed by atoms with Crippen molar-refractivity contribution >= 4 is 46.6 Å². The van der Waals surface area contributed by atoms with Crippen molar-refractivity contribution in [3.05, 3.63) is 52.0 Å². The van der Waals surface area contributed by atoms with Crippen LogP contribution in [-0.2, 0) is 4.74 Å². The van der Waals surface area contributed by atoms with E-state index in [0.29, 0.717) is 10.7 Å². The molecular formula is C17H16Cl2N2O4. The third-order valence-corrected chi connectivity index (χ3v) is 3.70. The van der Waals surface area contributed by atoms with E-state index in [2.05, 4.69) is 10.6 Å². The summed E-state index contributed by atoms with van der Waals surface area (Å²) in [4.78, 5) is 24.0. The van der Waals surface area contributed by atoms with E-state index in [0.717, 1.165) is 0 Å². The molecule has 0 bridgehead atoms. The molecule has 2 rings (SSSR count). The van der Waals surface area contributed by atoms with Crippen LogP contribution in [0, 0.1) is 0 Å². The third kappa shape index (κ3) is 5.01. The van der Waals surface area contributed by atoms with Crippen LogP contribution in [0.5, 0.6) is 5.75 Å². The number of benzene rings is 2. The standard InChI is InChI=1S/C17H16Cl2N2O4/c1-3-25-16(22)12-8-13(19)14(9-15(12)24-2)21-17(23)20-11-6-4-10(18)5-7-11/h4-9H,3H2,1-2H3,(H2,20,21,23). The van der Waals surface area contributed by atoms with E-state index in [-0.39, 0.29) is 28.6 Å². The number of esters is 1. The van der Waals surface area contributed by atoms with Crippen LogP contribution in [0.25, 0.3) is 0 Å². The van der Waals surface area contributed by atoms with Crippen molar-refractivity contribution < 1.29 is 19.1 Å². The number of nitrogens with one attached hydrogen (secondary N) is 2. The highest BCUT2D eigenvalue weighted by molar-refractivity contribution is 6.34. The summed E-state index contributed by atoms with van der Waals surface area (Å²) in [6.07, 6.45) is 0. The van der Waals surface area contributed by atoms with Crippen LogP contribution in [0.1, 0.15) is 17.3 Å². The first kappa shape index (κ1) is 18.9. The van der Waals surface area contributed by atoms with Gasteiger partial charge in [-0.05, 0) is 37.3 Å². The number of ether oxygens (including phenoxy) is 2. The molecule has 0 atom stereocenters. The molecule has 0 aliphatic carbocycles. The molecule has 0 heterocycles. The monoisotopic (exact) mass is 382 g/mol. The fraction of sp³-hybridized carbons (Fsp3) is 0.176. The van der Waals surface area contributed by atoms with Gasteiger partial charge in [-0.25, -0.2) is 9.59 Å². The Bertz CT molecular complexity index is 779. The second kappa shape index (κ2) is 8.60. The molecule has 132 valence electrons. The number of carbonyl (C=O) groups is 2. The van der Waals surface area contributed by atoms with Gasteiger partial charge in [-0.1, -0.05) is 23.2 Å². The van der Waals surface area contributed by atoms with Crippen LogP contribution < -0.4 is 15.4 Å². The highest BCUT2D eigenvalue weighted by Gasteiger charge is 2.18. The van der Waals surface area contributed by atoms with Crippen molar-refractivity contribution in [1.82, 2.24) is 0 Å². The molecule has 8 heteroatoms. The van der Waals surface area contributed by atoms with Crippen molar-refractivity contribution in [2.24, 2.45) is 0 Å². The predicted molar refractivity (Wildman–Crippen MR) is 98.1 cm³/mol. The zero-order valence-electron chi connectivity index (χ0n) is 13.6. The zero-order valence-corrected chi connectivity index (χ0v) is 15.1. The quantitative estimate of drug-likeness (QED) is 0.726. The molecule has 2 amide bonds. The molecule has 0 saturated heterocycles. The van der Waals surface area contributed by atoms with Crippen LogP contribution in [-0.4, -0.2) is 25.7 Å². The normalized spacial score (nSPS) is 10.1. The van der Waals surface area contributed by atoms with Gasteiger partial charge < -0.3 is 20.1 Å². The van der Waals surface area contributed by atoms with Crippen LogP contribution >= 0.6 is 23.2 Å². The Morgan fingerprint density at radius 1 is 1.08 bits per heavy atom. The van der Waals surface area contributed by atoms with Gasteiger partial charge in [-0.2, -0.15) is 0 Å². The van der Waals surface area contributed by atoms with Crippen molar-refractivity contribution in [1.29, 1.82) is 0 Å². The third-order valence-electron chi connectivity index (χ3n) is 3.13. The first-order chi connectivity index (χ1) is 11.9. The van der Waals surface area contributed by atoms with Gasteiger partial charge in [-0.3, -0.25) is 0 Å². The highest BCUT2D eigenvalue weighted by atomic mass is 35.5. The van der Waals surface area contributed by atoms with E-state index >= 15 is 0 Å². The average molecular weight is 383 g/mol. The first-order valence-corrected chi connectivity index (χ1v) is 8.08. The second-order valence-electron chi connectivity index (χ2n) is 4.84. The fourth-order valence-electron chi connectivity index (χ4n) is 2.00. The van der Waals surface area contributed by atoms with Crippen molar-refractivity contribution in [2.75, 3.05) is 24.4 Å². The number of halogens is 2. The molecule has 0 unspecified atom stereocenters. The minimum absolute atomic E-state index is 0.176. The summed E-state index contributed by atoms with van der Waals surface area (Å²) < 4.78 is 10.1. The molecule has 0 saturated carbocycles. The summed E-state index contributed by atoms with van der Waals surface area (Å²) in [5, 5.41) is 5.98. The van der Waals surface area contributed by atoms with Crippen molar-refractivity contribution in [2.45, 2.75) is 6.92 Å². The number of methoxy groups -OCH3 is 1. The zero-order chi connectivity index (χ0) is 18.4. The van der Waals surface area contributed by atoms with Gasteiger partial charge in [0.2, 0.25) is 0 Å². The van der Waals surface area contributed by atoms with Gasteiger partial charge in [0.25, 0.3) is 0 Å². The van der Waals surface area contributed by atoms with Crippen LogP contribution in [0.2, 0.25) is 10.0 Å². The number of carbonyl (C=O) groups excluding carboxylic acids is 2. The number of hydrogen-bond acceptors (Lipinski definition) is 4. The van der Waals surface area contributed by atoms with Crippen LogP contribution in [0.3, 0.4) is 0 Å². The van der Waals surface area contributed by atoms with Gasteiger partial charge >= 0.3 is 12.0 Å². The van der Waals surface area contributed by atoms with Gasteiger partial charge in [-0.15, -0.1) is 0 Å². The van der Waals surface area contributed by atoms with E-state index in [4.69, 9.17) is 32.7 Å². The summed E-state index contributed by atoms with van der Waals surface area (Å²) in [6, 6.07) is 8.96. The van der Waals surface area contributed by atoms with Crippen molar-refractivity contribution in [3.63, 3.8) is 0 Å². The lowest BCUT2D eigenvalue weighted by Gasteiger charge is -2.13. The Morgan fingerprint density at radius 3 is 2.36 bits per heavy atom. The Labute approximate surface area is 155 Å². The van der Waals surface area contributed by atoms with E-state index in [1.54, 1.807) is 31.2 Å². The molecule has 0 fully saturated rings. The van der Waals surface area contributed by atoms with Gasteiger partial charge in [0, 0.05) is 16.8 Å². The summed E-state index contributed by atoms with van der Waals surface area (Å²) >= 11 is 11.9. The van der Waals surface area contributed by atoms with Gasteiger partial charge in [0.1, 0.15) is 11.3 Å². The maximum atomic E-state index is 12.1. The van der Waals surface area contributed by atoms with E-state index in [1.165, 1.54) is 19.2 Å². The molecule has 0 radical (unpaired) electrons. The van der Waals surface area contributed by atoms with E-state index in [9.17, 15) is 9.59 Å². The molecule has 0 aliphatic rings. The summed E-state index contributed by atoms with van der Waals surface area (Å²) in [5.41, 5.74) is 1.03. The minimum Gasteiger partial charge on any atom is -0.496 e. The second-order valence-corrected chi connectivity index (χ2v) is 5.68. The largest absolute Gasteiger partial charge is 0.496 e. The highest BCUT2D eigenvalue weighted by Crippen LogP contribution is 2.31. The minimum atomic E-state index is -0.557. The van der Waals surface area contributed by atoms with Gasteiger partial charge in [0.15, 0.2) is 0 Å². The summed E-state index contributed by atoms with van der Waals surface area (Å²) in [6.45, 7) is 1.92. The molecular weight excluding hydrogens is 367 g/mol. The molecule has 6 nitrogen and oxygen atoms in total. The van der Waals surface area contributed by atoms with E-state index in [1.807, 2.05) is 0 Å². The van der Waals surface area contributed by atoms with Crippen LogP contribution in [0.15, 0.2) is 36.4 Å². The predicted octanol–water partition coefficient (Wildman–Crippen LogP) is 4.82. The molecule has 0 aliphatic heterocycles. The number of rotatable bonds is 5. The Kier molecular flexibility index (Phi) is 6.50. The Hall–Kier alpha value is -2.44. The average Bonchev–Trinajstić information content (AvgIpc) is 2.58. The first-order valence-electron chi connectivity index (χ1n) is 7.32. The lowest BCUT2D eigenvalue weighted by atomic mass is 10.1. The fourth-order valence-corrected chi connectivity index (χ4v) is 2.34.